The zero-order valence-electron chi connectivity index (χ0n) is 8.72. The van der Waals surface area contributed by atoms with Crippen molar-refractivity contribution in [3.8, 4) is 0 Å². The van der Waals surface area contributed by atoms with Gasteiger partial charge in [0, 0.05) is 6.04 Å². The Morgan fingerprint density at radius 2 is 2.13 bits per heavy atom. The molecule has 84 valence electrons. The second-order valence-electron chi connectivity index (χ2n) is 3.98. The lowest BCUT2D eigenvalue weighted by molar-refractivity contribution is 0.144. The van der Waals surface area contributed by atoms with Crippen molar-refractivity contribution in [2.45, 2.75) is 32.0 Å². The third-order valence-electron chi connectivity index (χ3n) is 2.94. The van der Waals surface area contributed by atoms with Crippen molar-refractivity contribution in [1.82, 2.24) is 4.90 Å². The van der Waals surface area contributed by atoms with Gasteiger partial charge in [0.05, 0.1) is 13.2 Å². The number of hydrogen-bond acceptors (Lipinski definition) is 4. The van der Waals surface area contributed by atoms with E-state index in [1.165, 1.54) is 0 Å². The maximum absolute atomic E-state index is 9.15. The molecule has 1 aromatic rings. The van der Waals surface area contributed by atoms with Gasteiger partial charge in [0.15, 0.2) is 0 Å². The number of aliphatic hydroxyl groups excluding tert-OH is 2. The first-order valence-corrected chi connectivity index (χ1v) is 5.37. The van der Waals surface area contributed by atoms with Crippen LogP contribution in [-0.4, -0.2) is 34.3 Å². The minimum atomic E-state index is -0.0522. The van der Waals surface area contributed by atoms with Crippen molar-refractivity contribution in [3.63, 3.8) is 0 Å². The first kappa shape index (κ1) is 10.7. The Labute approximate surface area is 89.1 Å². The standard InChI is InChI=1S/C11H17NO3/c13-7-9-2-1-5-12(9)6-10-3-4-11(8-14)15-10/h3-4,9,13-14H,1-2,5-8H2. The summed E-state index contributed by atoms with van der Waals surface area (Å²) < 4.78 is 5.41. The second kappa shape index (κ2) is 4.79. The summed E-state index contributed by atoms with van der Waals surface area (Å²) in [5.41, 5.74) is 0. The smallest absolute Gasteiger partial charge is 0.129 e. The molecule has 1 saturated heterocycles. The molecule has 0 bridgehead atoms. The maximum Gasteiger partial charge on any atom is 0.129 e. The zero-order chi connectivity index (χ0) is 10.7. The Morgan fingerprint density at radius 1 is 1.33 bits per heavy atom. The summed E-state index contributed by atoms with van der Waals surface area (Å²) in [7, 11) is 0. The van der Waals surface area contributed by atoms with Crippen LogP contribution in [-0.2, 0) is 13.2 Å². The first-order chi connectivity index (χ1) is 7.33. The number of rotatable bonds is 4. The van der Waals surface area contributed by atoms with E-state index in [9.17, 15) is 0 Å². The molecule has 1 aliphatic heterocycles. The highest BCUT2D eigenvalue weighted by Crippen LogP contribution is 2.20. The van der Waals surface area contributed by atoms with E-state index in [0.717, 1.165) is 31.7 Å². The quantitative estimate of drug-likeness (QED) is 0.771. The van der Waals surface area contributed by atoms with Crippen LogP contribution in [0.25, 0.3) is 0 Å². The molecular formula is C11H17NO3. The van der Waals surface area contributed by atoms with Gasteiger partial charge >= 0.3 is 0 Å². The van der Waals surface area contributed by atoms with Gasteiger partial charge < -0.3 is 14.6 Å². The zero-order valence-corrected chi connectivity index (χ0v) is 8.72. The van der Waals surface area contributed by atoms with E-state index in [1.807, 2.05) is 6.07 Å². The van der Waals surface area contributed by atoms with Crippen LogP contribution in [0.4, 0.5) is 0 Å². The molecule has 1 unspecified atom stereocenters. The SMILES string of the molecule is OCc1ccc(CN2CCCC2CO)o1. The molecule has 2 rings (SSSR count). The summed E-state index contributed by atoms with van der Waals surface area (Å²) in [6.45, 7) is 1.91. The van der Waals surface area contributed by atoms with Crippen LogP contribution in [0, 0.1) is 0 Å². The number of aliphatic hydroxyl groups is 2. The Bertz CT molecular complexity index is 311. The van der Waals surface area contributed by atoms with E-state index in [2.05, 4.69) is 4.90 Å². The maximum atomic E-state index is 9.15. The van der Waals surface area contributed by atoms with E-state index in [4.69, 9.17) is 14.6 Å². The molecular weight excluding hydrogens is 194 g/mol. The van der Waals surface area contributed by atoms with Crippen LogP contribution in [0.5, 0.6) is 0 Å². The van der Waals surface area contributed by atoms with Crippen LogP contribution in [0.3, 0.4) is 0 Å². The van der Waals surface area contributed by atoms with E-state index >= 15 is 0 Å². The highest BCUT2D eigenvalue weighted by atomic mass is 16.4. The molecule has 15 heavy (non-hydrogen) atoms. The normalized spacial score (nSPS) is 22.4. The lowest BCUT2D eigenvalue weighted by Gasteiger charge is -2.21. The van der Waals surface area contributed by atoms with E-state index < -0.39 is 0 Å². The minimum Gasteiger partial charge on any atom is -0.462 e. The van der Waals surface area contributed by atoms with Crippen molar-refractivity contribution in [2.24, 2.45) is 0 Å². The molecule has 1 aliphatic rings. The molecule has 2 N–H and O–H groups in total. The first-order valence-electron chi connectivity index (χ1n) is 5.37. The average molecular weight is 211 g/mol. The Kier molecular flexibility index (Phi) is 3.41. The van der Waals surface area contributed by atoms with Crippen LogP contribution >= 0.6 is 0 Å². The molecule has 1 fully saturated rings. The molecule has 0 saturated carbocycles. The number of likely N-dealkylation sites (tertiary alicyclic amines) is 1. The summed E-state index contributed by atoms with van der Waals surface area (Å²) >= 11 is 0. The third-order valence-corrected chi connectivity index (χ3v) is 2.94. The highest BCUT2D eigenvalue weighted by Gasteiger charge is 2.24. The van der Waals surface area contributed by atoms with Crippen LogP contribution in [0.15, 0.2) is 16.5 Å². The fraction of sp³-hybridized carbons (Fsp3) is 0.636. The van der Waals surface area contributed by atoms with Gasteiger partial charge in [-0.3, -0.25) is 4.90 Å². The predicted molar refractivity (Wildman–Crippen MR) is 55.1 cm³/mol. The van der Waals surface area contributed by atoms with Gasteiger partial charge in [0.1, 0.15) is 18.1 Å². The molecule has 0 aliphatic carbocycles. The topological polar surface area (TPSA) is 56.8 Å². The summed E-state index contributed by atoms with van der Waals surface area (Å²) in [5, 5.41) is 18.0. The number of nitrogens with zero attached hydrogens (tertiary/aromatic N) is 1. The van der Waals surface area contributed by atoms with Gasteiger partial charge in [0.2, 0.25) is 0 Å². The van der Waals surface area contributed by atoms with Crippen molar-refractivity contribution < 1.29 is 14.6 Å². The molecule has 0 amide bonds. The van der Waals surface area contributed by atoms with Gasteiger partial charge in [-0.2, -0.15) is 0 Å². The molecule has 0 spiro atoms. The molecule has 1 atom stereocenters. The molecule has 1 aromatic heterocycles. The molecule has 2 heterocycles. The highest BCUT2D eigenvalue weighted by molar-refractivity contribution is 5.06. The van der Waals surface area contributed by atoms with Crippen LogP contribution < -0.4 is 0 Å². The number of furan rings is 1. The van der Waals surface area contributed by atoms with Gasteiger partial charge in [-0.25, -0.2) is 0 Å². The average Bonchev–Trinajstić information content (AvgIpc) is 2.87. The molecule has 0 aromatic carbocycles. The van der Waals surface area contributed by atoms with Crippen molar-refractivity contribution in [1.29, 1.82) is 0 Å². The van der Waals surface area contributed by atoms with Crippen molar-refractivity contribution in [2.75, 3.05) is 13.2 Å². The second-order valence-corrected chi connectivity index (χ2v) is 3.98. The van der Waals surface area contributed by atoms with Gasteiger partial charge in [-0.15, -0.1) is 0 Å². The fourth-order valence-corrected chi connectivity index (χ4v) is 2.10. The van der Waals surface area contributed by atoms with E-state index in [0.29, 0.717) is 5.76 Å². The Balaban J connectivity index is 1.95. The Hall–Kier alpha value is -0.840. The summed E-state index contributed by atoms with van der Waals surface area (Å²) in [4.78, 5) is 2.22. The van der Waals surface area contributed by atoms with Gasteiger partial charge in [0.25, 0.3) is 0 Å². The molecule has 4 heteroatoms. The van der Waals surface area contributed by atoms with Crippen molar-refractivity contribution in [3.05, 3.63) is 23.7 Å². The van der Waals surface area contributed by atoms with E-state index in [1.54, 1.807) is 6.07 Å². The van der Waals surface area contributed by atoms with E-state index in [-0.39, 0.29) is 19.3 Å². The van der Waals surface area contributed by atoms with Gasteiger partial charge in [-0.05, 0) is 31.5 Å². The third kappa shape index (κ3) is 2.40. The Morgan fingerprint density at radius 3 is 2.80 bits per heavy atom. The molecule has 4 nitrogen and oxygen atoms in total. The van der Waals surface area contributed by atoms with Crippen molar-refractivity contribution >= 4 is 0 Å². The largest absolute Gasteiger partial charge is 0.462 e. The summed E-state index contributed by atoms with van der Waals surface area (Å²) in [6, 6.07) is 3.95. The summed E-state index contributed by atoms with van der Waals surface area (Å²) in [6.07, 6.45) is 2.20. The number of hydrogen-bond donors (Lipinski definition) is 2. The molecule has 0 radical (unpaired) electrons. The minimum absolute atomic E-state index is 0.0522. The van der Waals surface area contributed by atoms with Gasteiger partial charge in [-0.1, -0.05) is 0 Å². The van der Waals surface area contributed by atoms with Crippen LogP contribution in [0.2, 0.25) is 0 Å². The lowest BCUT2D eigenvalue weighted by Crippen LogP contribution is -2.31. The predicted octanol–water partition coefficient (Wildman–Crippen LogP) is 0.729. The lowest BCUT2D eigenvalue weighted by atomic mass is 10.2. The van der Waals surface area contributed by atoms with Crippen LogP contribution in [0.1, 0.15) is 24.4 Å². The summed E-state index contributed by atoms with van der Waals surface area (Å²) in [5.74, 6) is 1.46. The monoisotopic (exact) mass is 211 g/mol. The fourth-order valence-electron chi connectivity index (χ4n) is 2.10.